The zero-order valence-corrected chi connectivity index (χ0v) is 8.84. The van der Waals surface area contributed by atoms with Gasteiger partial charge in [0.1, 0.15) is 0 Å². The minimum atomic E-state index is 1.16. The topological polar surface area (TPSA) is 0 Å². The lowest BCUT2D eigenvalue weighted by Crippen LogP contribution is -1.86. The Balaban J connectivity index is 2.60. The maximum atomic E-state index is 2.32. The Bertz CT molecular complexity index is 224. The van der Waals surface area contributed by atoms with Gasteiger partial charge in [-0.2, -0.15) is 0 Å². The lowest BCUT2D eigenvalue weighted by atomic mass is 10.00. The van der Waals surface area contributed by atoms with Crippen molar-refractivity contribution >= 4 is 0 Å². The monoisotopic (exact) mass is 176 g/mol. The van der Waals surface area contributed by atoms with Crippen LogP contribution in [0.1, 0.15) is 46.0 Å². The maximum Gasteiger partial charge on any atom is -0.0136 e. The second-order valence-electron chi connectivity index (χ2n) is 3.87. The summed E-state index contributed by atoms with van der Waals surface area (Å²) >= 11 is 0. The molecule has 13 heavy (non-hydrogen) atoms. The summed E-state index contributed by atoms with van der Waals surface area (Å²) in [6.07, 6.45) is 15.3. The molecule has 0 spiro atoms. The molecule has 1 aliphatic carbocycles. The fourth-order valence-electron chi connectivity index (χ4n) is 1.59. The van der Waals surface area contributed by atoms with Crippen molar-refractivity contribution in [3.8, 4) is 0 Å². The normalized spacial score (nSPS) is 18.8. The molecule has 0 unspecified atom stereocenters. The molecule has 1 rings (SSSR count). The van der Waals surface area contributed by atoms with E-state index in [1.54, 1.807) is 5.57 Å². The third-order valence-electron chi connectivity index (χ3n) is 2.52. The molecule has 0 heteroatoms. The Hall–Kier alpha value is -0.780. The Kier molecular flexibility index (Phi) is 4.59. The lowest BCUT2D eigenvalue weighted by molar-refractivity contribution is 0.895. The molecule has 0 saturated carbocycles. The molecule has 0 amide bonds. The molecule has 0 fully saturated rings. The molecule has 0 radical (unpaired) electrons. The number of rotatable bonds is 0. The average molecular weight is 176 g/mol. The molecule has 0 aliphatic heterocycles. The summed E-state index contributed by atoms with van der Waals surface area (Å²) in [6.45, 7) is 4.44. The minimum Gasteiger partial charge on any atom is -0.0882 e. The zero-order chi connectivity index (χ0) is 9.52. The first-order valence-corrected chi connectivity index (χ1v) is 5.26. The van der Waals surface area contributed by atoms with Gasteiger partial charge >= 0.3 is 0 Å². The number of allylic oxidation sites excluding steroid dienone is 6. The Labute approximate surface area is 82.0 Å². The predicted octanol–water partition coefficient (Wildman–Crippen LogP) is 4.40. The van der Waals surface area contributed by atoms with E-state index in [0.29, 0.717) is 0 Å². The minimum absolute atomic E-state index is 1.16. The van der Waals surface area contributed by atoms with Gasteiger partial charge in [0.2, 0.25) is 0 Å². The van der Waals surface area contributed by atoms with Crippen LogP contribution in [0.5, 0.6) is 0 Å². The van der Waals surface area contributed by atoms with Crippen molar-refractivity contribution in [2.24, 2.45) is 0 Å². The Morgan fingerprint density at radius 1 is 0.923 bits per heavy atom. The summed E-state index contributed by atoms with van der Waals surface area (Å²) in [5, 5.41) is 0. The molecule has 0 aromatic heterocycles. The van der Waals surface area contributed by atoms with Crippen LogP contribution in [0.4, 0.5) is 0 Å². The van der Waals surface area contributed by atoms with Crippen LogP contribution >= 0.6 is 0 Å². The van der Waals surface area contributed by atoms with E-state index >= 15 is 0 Å². The first-order valence-electron chi connectivity index (χ1n) is 5.26. The Morgan fingerprint density at radius 2 is 1.54 bits per heavy atom. The van der Waals surface area contributed by atoms with Crippen molar-refractivity contribution in [1.82, 2.24) is 0 Å². The van der Waals surface area contributed by atoms with Crippen molar-refractivity contribution in [3.05, 3.63) is 35.5 Å². The largest absolute Gasteiger partial charge is 0.0882 e. The first-order chi connectivity index (χ1) is 6.30. The van der Waals surface area contributed by atoms with Crippen LogP contribution in [-0.4, -0.2) is 0 Å². The molecule has 0 bridgehead atoms. The average Bonchev–Trinajstić information content (AvgIpc) is 2.14. The van der Waals surface area contributed by atoms with Gasteiger partial charge in [0.25, 0.3) is 0 Å². The van der Waals surface area contributed by atoms with Gasteiger partial charge in [0.15, 0.2) is 0 Å². The second-order valence-corrected chi connectivity index (χ2v) is 3.87. The van der Waals surface area contributed by atoms with Gasteiger partial charge in [-0.3, -0.25) is 0 Å². The summed E-state index contributed by atoms with van der Waals surface area (Å²) in [6, 6.07) is 0. The highest BCUT2D eigenvalue weighted by Crippen LogP contribution is 2.17. The molecule has 1 aliphatic rings. The van der Waals surface area contributed by atoms with Gasteiger partial charge in [0.05, 0.1) is 0 Å². The van der Waals surface area contributed by atoms with E-state index in [0.717, 1.165) is 6.42 Å². The smallest absolute Gasteiger partial charge is 0.0136 e. The van der Waals surface area contributed by atoms with Gasteiger partial charge in [0, 0.05) is 0 Å². The summed E-state index contributed by atoms with van der Waals surface area (Å²) in [4.78, 5) is 0. The molecular weight excluding hydrogens is 156 g/mol. The second kappa shape index (κ2) is 5.80. The standard InChI is InChI=1S/C13H20/c1-12(2)13-10-8-6-4-3-5-7-9-11-13/h4,6-7,9H,3,5,8,10-11H2,1-2H3. The van der Waals surface area contributed by atoms with E-state index in [1.807, 2.05) is 0 Å². The summed E-state index contributed by atoms with van der Waals surface area (Å²) in [7, 11) is 0. The fourth-order valence-corrected chi connectivity index (χ4v) is 1.59. The van der Waals surface area contributed by atoms with E-state index < -0.39 is 0 Å². The van der Waals surface area contributed by atoms with Crippen LogP contribution in [0, 0.1) is 0 Å². The van der Waals surface area contributed by atoms with Crippen LogP contribution in [0.3, 0.4) is 0 Å². The maximum absolute atomic E-state index is 2.32. The lowest BCUT2D eigenvalue weighted by Gasteiger charge is -2.06. The molecule has 0 aromatic carbocycles. The highest BCUT2D eigenvalue weighted by atomic mass is 14.0. The molecule has 0 N–H and O–H groups in total. The van der Waals surface area contributed by atoms with Crippen LogP contribution in [0.2, 0.25) is 0 Å². The van der Waals surface area contributed by atoms with Crippen LogP contribution < -0.4 is 0 Å². The van der Waals surface area contributed by atoms with Gasteiger partial charge in [-0.1, -0.05) is 35.5 Å². The van der Waals surface area contributed by atoms with E-state index in [1.165, 1.54) is 31.3 Å². The summed E-state index contributed by atoms with van der Waals surface area (Å²) in [5.41, 5.74) is 3.11. The van der Waals surface area contributed by atoms with Crippen molar-refractivity contribution in [2.75, 3.05) is 0 Å². The highest BCUT2D eigenvalue weighted by Gasteiger charge is 1.97. The molecule has 0 atom stereocenters. The molecule has 0 saturated heterocycles. The third-order valence-corrected chi connectivity index (χ3v) is 2.52. The molecular formula is C13H20. The van der Waals surface area contributed by atoms with Gasteiger partial charge < -0.3 is 0 Å². The fraction of sp³-hybridized carbons (Fsp3) is 0.538. The Morgan fingerprint density at radius 3 is 2.23 bits per heavy atom. The van der Waals surface area contributed by atoms with Crippen molar-refractivity contribution in [3.63, 3.8) is 0 Å². The van der Waals surface area contributed by atoms with E-state index in [9.17, 15) is 0 Å². The van der Waals surface area contributed by atoms with E-state index in [-0.39, 0.29) is 0 Å². The molecule has 0 aromatic rings. The van der Waals surface area contributed by atoms with Crippen molar-refractivity contribution in [1.29, 1.82) is 0 Å². The van der Waals surface area contributed by atoms with Crippen LogP contribution in [-0.2, 0) is 0 Å². The quantitative estimate of drug-likeness (QED) is 0.480. The summed E-state index contributed by atoms with van der Waals surface area (Å²) < 4.78 is 0. The number of hydrogen-bond donors (Lipinski definition) is 0. The summed E-state index contributed by atoms with van der Waals surface area (Å²) in [5.74, 6) is 0. The van der Waals surface area contributed by atoms with E-state index in [2.05, 4.69) is 38.2 Å². The van der Waals surface area contributed by atoms with Gasteiger partial charge in [-0.15, -0.1) is 0 Å². The number of hydrogen-bond acceptors (Lipinski definition) is 0. The third kappa shape index (κ3) is 4.12. The van der Waals surface area contributed by atoms with Crippen molar-refractivity contribution < 1.29 is 0 Å². The van der Waals surface area contributed by atoms with Crippen molar-refractivity contribution in [2.45, 2.75) is 46.0 Å². The predicted molar refractivity (Wildman–Crippen MR) is 59.7 cm³/mol. The van der Waals surface area contributed by atoms with Crippen LogP contribution in [0.15, 0.2) is 35.5 Å². The highest BCUT2D eigenvalue weighted by molar-refractivity contribution is 5.15. The SMILES string of the molecule is CC(C)=C1CC=CCCC=CCC1. The van der Waals surface area contributed by atoms with Crippen LogP contribution in [0.25, 0.3) is 0 Å². The van der Waals surface area contributed by atoms with E-state index in [4.69, 9.17) is 0 Å². The van der Waals surface area contributed by atoms with Gasteiger partial charge in [-0.25, -0.2) is 0 Å². The molecule has 0 heterocycles. The molecule has 72 valence electrons. The zero-order valence-electron chi connectivity index (χ0n) is 8.84. The molecule has 0 nitrogen and oxygen atoms in total. The first kappa shape index (κ1) is 10.3. The van der Waals surface area contributed by atoms with Gasteiger partial charge in [-0.05, 0) is 46.0 Å².